The monoisotopic (exact) mass is 522 g/mol. The van der Waals surface area contributed by atoms with E-state index in [2.05, 4.69) is 20.0 Å². The van der Waals surface area contributed by atoms with Crippen LogP contribution >= 0.6 is 23.2 Å². The number of methoxy groups -OCH3 is 1. The fourth-order valence-electron chi connectivity index (χ4n) is 4.26. The Bertz CT molecular complexity index is 1360. The zero-order valence-electron chi connectivity index (χ0n) is 19.6. The van der Waals surface area contributed by atoms with Crippen LogP contribution in [0, 0.1) is 0 Å². The molecular formula is C26H24Cl2N6O2. The van der Waals surface area contributed by atoms with Crippen molar-refractivity contribution in [3.63, 3.8) is 0 Å². The maximum absolute atomic E-state index is 13.3. The summed E-state index contributed by atoms with van der Waals surface area (Å²) in [6.07, 6.45) is 3.38. The molecule has 4 heterocycles. The number of aromatic nitrogens is 4. The third-order valence-corrected chi connectivity index (χ3v) is 6.80. The Hall–Kier alpha value is -3.62. The number of pyridine rings is 2. The highest BCUT2D eigenvalue weighted by Crippen LogP contribution is 2.35. The van der Waals surface area contributed by atoms with Crippen molar-refractivity contribution in [2.45, 2.75) is 6.54 Å². The summed E-state index contributed by atoms with van der Waals surface area (Å²) in [6, 6.07) is 16.8. The summed E-state index contributed by atoms with van der Waals surface area (Å²) in [5, 5.41) is 5.67. The zero-order chi connectivity index (χ0) is 25.1. The van der Waals surface area contributed by atoms with Gasteiger partial charge in [0.2, 0.25) is 5.91 Å². The molecule has 1 saturated heterocycles. The number of amides is 1. The van der Waals surface area contributed by atoms with E-state index in [0.29, 0.717) is 64.7 Å². The van der Waals surface area contributed by atoms with Gasteiger partial charge in [0.1, 0.15) is 23.7 Å². The van der Waals surface area contributed by atoms with Crippen LogP contribution in [-0.4, -0.2) is 63.8 Å². The summed E-state index contributed by atoms with van der Waals surface area (Å²) in [4.78, 5) is 26.2. The van der Waals surface area contributed by atoms with Crippen LogP contribution in [-0.2, 0) is 11.3 Å². The number of halogens is 2. The fourth-order valence-corrected chi connectivity index (χ4v) is 4.78. The van der Waals surface area contributed by atoms with Crippen molar-refractivity contribution < 1.29 is 9.53 Å². The normalized spacial score (nSPS) is 13.6. The summed E-state index contributed by atoms with van der Waals surface area (Å²) >= 11 is 12.9. The Morgan fingerprint density at radius 2 is 1.64 bits per heavy atom. The average Bonchev–Trinajstić information content (AvgIpc) is 3.25. The minimum Gasteiger partial charge on any atom is -0.495 e. The zero-order valence-corrected chi connectivity index (χ0v) is 21.2. The maximum Gasteiger partial charge on any atom is 0.244 e. The van der Waals surface area contributed by atoms with Gasteiger partial charge in [0.15, 0.2) is 0 Å². The highest BCUT2D eigenvalue weighted by Gasteiger charge is 2.26. The lowest BCUT2D eigenvalue weighted by molar-refractivity contribution is -0.132. The minimum atomic E-state index is -0.0349. The van der Waals surface area contributed by atoms with Crippen molar-refractivity contribution in [3.8, 4) is 28.5 Å². The summed E-state index contributed by atoms with van der Waals surface area (Å²) in [5.41, 5.74) is 3.41. The lowest BCUT2D eigenvalue weighted by Crippen LogP contribution is -2.49. The molecule has 0 aliphatic carbocycles. The van der Waals surface area contributed by atoms with E-state index in [1.54, 1.807) is 24.2 Å². The molecule has 0 radical (unpaired) electrons. The van der Waals surface area contributed by atoms with Crippen LogP contribution in [0.25, 0.3) is 22.8 Å². The third kappa shape index (κ3) is 4.87. The van der Waals surface area contributed by atoms with E-state index in [0.717, 1.165) is 5.69 Å². The molecule has 3 aromatic heterocycles. The molecule has 0 N–H and O–H groups in total. The number of carbonyl (C=O) groups excluding carboxylic acids is 1. The second-order valence-electron chi connectivity index (χ2n) is 8.29. The summed E-state index contributed by atoms with van der Waals surface area (Å²) < 4.78 is 6.97. The Balaban J connectivity index is 1.35. The van der Waals surface area contributed by atoms with Crippen molar-refractivity contribution in [1.82, 2.24) is 24.6 Å². The molecule has 10 heteroatoms. The molecule has 1 aromatic carbocycles. The molecule has 1 aliphatic rings. The van der Waals surface area contributed by atoms with Crippen molar-refractivity contribution in [1.29, 1.82) is 0 Å². The number of hydrogen-bond donors (Lipinski definition) is 0. The Kier molecular flexibility index (Phi) is 7.06. The SMILES string of the molecule is COc1cc(N2CCN(C(=O)Cn3nc(-c4ccccn4)c(Cl)c3-c3ccccn3)CC2)ccc1Cl. The van der Waals surface area contributed by atoms with E-state index in [-0.39, 0.29) is 12.5 Å². The van der Waals surface area contributed by atoms with Crippen LogP contribution in [0.4, 0.5) is 5.69 Å². The number of piperazine rings is 1. The Morgan fingerprint density at radius 3 is 2.28 bits per heavy atom. The van der Waals surface area contributed by atoms with Crippen LogP contribution in [0.2, 0.25) is 10.0 Å². The molecule has 1 amide bonds. The van der Waals surface area contributed by atoms with Crippen LogP contribution < -0.4 is 9.64 Å². The van der Waals surface area contributed by atoms with Crippen LogP contribution in [0.15, 0.2) is 67.0 Å². The quantitative estimate of drug-likeness (QED) is 0.366. The first-order valence-corrected chi connectivity index (χ1v) is 12.3. The average molecular weight is 523 g/mol. The molecule has 8 nitrogen and oxygen atoms in total. The summed E-state index contributed by atoms with van der Waals surface area (Å²) in [6.45, 7) is 2.62. The van der Waals surface area contributed by atoms with Crippen molar-refractivity contribution in [2.24, 2.45) is 0 Å². The number of hydrogen-bond acceptors (Lipinski definition) is 6. The predicted molar refractivity (Wildman–Crippen MR) is 140 cm³/mol. The Labute approximate surface area is 219 Å². The van der Waals surface area contributed by atoms with Gasteiger partial charge in [-0.3, -0.25) is 19.4 Å². The third-order valence-electron chi connectivity index (χ3n) is 6.13. The van der Waals surface area contributed by atoms with E-state index in [9.17, 15) is 4.79 Å². The summed E-state index contributed by atoms with van der Waals surface area (Å²) in [7, 11) is 1.60. The van der Waals surface area contributed by atoms with Gasteiger partial charge < -0.3 is 14.5 Å². The van der Waals surface area contributed by atoms with E-state index in [1.165, 1.54) is 0 Å². The van der Waals surface area contributed by atoms with Gasteiger partial charge in [0.05, 0.1) is 28.5 Å². The number of nitrogens with zero attached hydrogens (tertiary/aromatic N) is 6. The molecule has 4 aromatic rings. The van der Waals surface area contributed by atoms with Gasteiger partial charge in [-0.1, -0.05) is 35.3 Å². The fraction of sp³-hybridized carbons (Fsp3) is 0.231. The molecule has 0 saturated carbocycles. The molecular weight excluding hydrogens is 499 g/mol. The number of ether oxygens (including phenoxy) is 1. The van der Waals surface area contributed by atoms with E-state index < -0.39 is 0 Å². The molecule has 5 rings (SSSR count). The predicted octanol–water partition coefficient (Wildman–Crippen LogP) is 4.67. The molecule has 0 unspecified atom stereocenters. The van der Waals surface area contributed by atoms with Crippen molar-refractivity contribution in [2.75, 3.05) is 38.2 Å². The van der Waals surface area contributed by atoms with Gasteiger partial charge in [-0.2, -0.15) is 5.10 Å². The van der Waals surface area contributed by atoms with Gasteiger partial charge >= 0.3 is 0 Å². The van der Waals surface area contributed by atoms with Crippen LogP contribution in [0.5, 0.6) is 5.75 Å². The molecule has 184 valence electrons. The minimum absolute atomic E-state index is 0.0349. The second-order valence-corrected chi connectivity index (χ2v) is 9.07. The highest BCUT2D eigenvalue weighted by atomic mass is 35.5. The molecule has 1 fully saturated rings. The maximum atomic E-state index is 13.3. The smallest absolute Gasteiger partial charge is 0.244 e. The van der Waals surface area contributed by atoms with Crippen molar-refractivity contribution in [3.05, 3.63) is 77.0 Å². The van der Waals surface area contributed by atoms with Gasteiger partial charge in [-0.05, 0) is 36.4 Å². The van der Waals surface area contributed by atoms with E-state index >= 15 is 0 Å². The van der Waals surface area contributed by atoms with Gasteiger partial charge in [0.25, 0.3) is 0 Å². The summed E-state index contributed by atoms with van der Waals surface area (Å²) in [5.74, 6) is 0.598. The number of anilines is 1. The van der Waals surface area contributed by atoms with Crippen LogP contribution in [0.3, 0.4) is 0 Å². The first kappa shape index (κ1) is 24.1. The van der Waals surface area contributed by atoms with Crippen molar-refractivity contribution >= 4 is 34.8 Å². The first-order chi connectivity index (χ1) is 17.5. The van der Waals surface area contributed by atoms with Crippen LogP contribution in [0.1, 0.15) is 0 Å². The molecule has 0 atom stereocenters. The highest BCUT2D eigenvalue weighted by molar-refractivity contribution is 6.35. The van der Waals surface area contributed by atoms with E-state index in [1.807, 2.05) is 59.5 Å². The lowest BCUT2D eigenvalue weighted by atomic mass is 10.2. The topological polar surface area (TPSA) is 76.4 Å². The second kappa shape index (κ2) is 10.6. The number of benzene rings is 1. The molecule has 0 spiro atoms. The van der Waals surface area contributed by atoms with E-state index in [4.69, 9.17) is 27.9 Å². The molecule has 0 bridgehead atoms. The molecule has 36 heavy (non-hydrogen) atoms. The largest absolute Gasteiger partial charge is 0.495 e. The van der Waals surface area contributed by atoms with Gasteiger partial charge in [-0.25, -0.2) is 0 Å². The standard InChI is InChI=1S/C26H24Cl2N6O2/c1-36-22-16-18(8-9-19(22)27)32-12-14-33(15-13-32)23(35)17-34-26(21-7-3-5-11-30-21)24(28)25(31-34)20-6-2-4-10-29-20/h2-11,16H,12-15,17H2,1H3. The molecule has 1 aliphatic heterocycles. The first-order valence-electron chi connectivity index (χ1n) is 11.5. The lowest BCUT2D eigenvalue weighted by Gasteiger charge is -2.36. The number of rotatable bonds is 6. The Morgan fingerprint density at radius 1 is 0.944 bits per heavy atom. The number of carbonyl (C=O) groups is 1. The van der Waals surface area contributed by atoms with Gasteiger partial charge in [0, 0.05) is 50.3 Å². The van der Waals surface area contributed by atoms with Gasteiger partial charge in [-0.15, -0.1) is 0 Å².